The van der Waals surface area contributed by atoms with Crippen molar-refractivity contribution in [1.29, 1.82) is 0 Å². The van der Waals surface area contributed by atoms with E-state index in [1.54, 1.807) is 6.20 Å². The van der Waals surface area contributed by atoms with Gasteiger partial charge in [0, 0.05) is 37.4 Å². The van der Waals surface area contributed by atoms with Crippen LogP contribution in [0.1, 0.15) is 25.0 Å². The number of nitrogens with zero attached hydrogens (tertiary/aromatic N) is 3. The minimum absolute atomic E-state index is 0.672. The van der Waals surface area contributed by atoms with Crippen molar-refractivity contribution in [3.63, 3.8) is 0 Å². The lowest BCUT2D eigenvalue weighted by molar-refractivity contribution is 0.866. The molecular weight excluding hydrogens is 246 g/mol. The zero-order valence-corrected chi connectivity index (χ0v) is 12.2. The Morgan fingerprint density at radius 3 is 2.45 bits per heavy atom. The molecule has 1 aromatic heterocycles. The first-order valence-corrected chi connectivity index (χ1v) is 7.07. The maximum Gasteiger partial charge on any atom is 0.0654 e. The monoisotopic (exact) mass is 267 g/mol. The molecule has 104 valence electrons. The molecule has 0 spiro atoms. The predicted molar refractivity (Wildman–Crippen MR) is 85.5 cm³/mol. The first-order valence-electron chi connectivity index (χ1n) is 7.07. The van der Waals surface area contributed by atoms with E-state index in [9.17, 15) is 0 Å². The maximum absolute atomic E-state index is 4.45. The van der Waals surface area contributed by atoms with Crippen LogP contribution in [0.25, 0.3) is 0 Å². The van der Waals surface area contributed by atoms with Crippen molar-refractivity contribution in [2.45, 2.75) is 20.4 Å². The van der Waals surface area contributed by atoms with Gasteiger partial charge in [-0.15, -0.1) is 0 Å². The molecule has 0 aliphatic heterocycles. The highest BCUT2D eigenvalue weighted by molar-refractivity contribution is 5.80. The van der Waals surface area contributed by atoms with E-state index >= 15 is 0 Å². The first-order chi connectivity index (χ1) is 9.83. The number of aliphatic imine (C=N–C) groups is 1. The van der Waals surface area contributed by atoms with E-state index in [2.05, 4.69) is 53.0 Å². The molecule has 0 saturated carbocycles. The Kier molecular flexibility index (Phi) is 5.30. The molecule has 2 rings (SSSR count). The van der Waals surface area contributed by atoms with E-state index in [1.807, 2.05) is 24.5 Å². The summed E-state index contributed by atoms with van der Waals surface area (Å²) in [5.74, 6) is 0. The molecule has 20 heavy (non-hydrogen) atoms. The highest BCUT2D eigenvalue weighted by atomic mass is 15.1. The third kappa shape index (κ3) is 3.92. The molecule has 0 bridgehead atoms. The zero-order chi connectivity index (χ0) is 14.2. The topological polar surface area (TPSA) is 28.5 Å². The van der Waals surface area contributed by atoms with Gasteiger partial charge in [-0.3, -0.25) is 9.98 Å². The SMILES string of the molecule is CCN(CC)c1ccc(/C=N/Cc2cccnc2)cc1. The van der Waals surface area contributed by atoms with Crippen molar-refractivity contribution in [3.8, 4) is 0 Å². The van der Waals surface area contributed by atoms with Gasteiger partial charge in [-0.25, -0.2) is 0 Å². The molecule has 3 heteroatoms. The number of hydrogen-bond donors (Lipinski definition) is 0. The van der Waals surface area contributed by atoms with E-state index in [1.165, 1.54) is 5.69 Å². The Bertz CT molecular complexity index is 528. The van der Waals surface area contributed by atoms with Crippen LogP contribution in [-0.2, 0) is 6.54 Å². The van der Waals surface area contributed by atoms with Crippen molar-refractivity contribution in [1.82, 2.24) is 4.98 Å². The molecule has 0 saturated heterocycles. The van der Waals surface area contributed by atoms with E-state index < -0.39 is 0 Å². The fourth-order valence-electron chi connectivity index (χ4n) is 2.11. The second-order valence-electron chi connectivity index (χ2n) is 4.59. The van der Waals surface area contributed by atoms with Gasteiger partial charge in [0.1, 0.15) is 0 Å². The molecule has 0 atom stereocenters. The number of hydrogen-bond acceptors (Lipinski definition) is 3. The summed E-state index contributed by atoms with van der Waals surface area (Å²) >= 11 is 0. The Morgan fingerprint density at radius 2 is 1.85 bits per heavy atom. The molecule has 0 radical (unpaired) electrons. The molecule has 1 aromatic carbocycles. The largest absolute Gasteiger partial charge is 0.372 e. The van der Waals surface area contributed by atoms with Crippen molar-refractivity contribution in [3.05, 3.63) is 59.9 Å². The maximum atomic E-state index is 4.45. The minimum atomic E-state index is 0.672. The van der Waals surface area contributed by atoms with Gasteiger partial charge < -0.3 is 4.90 Å². The van der Waals surface area contributed by atoms with Crippen LogP contribution in [0.4, 0.5) is 5.69 Å². The molecular formula is C17H21N3. The summed E-state index contributed by atoms with van der Waals surface area (Å²) in [4.78, 5) is 10.9. The lowest BCUT2D eigenvalue weighted by Gasteiger charge is -2.20. The Morgan fingerprint density at radius 1 is 1.10 bits per heavy atom. The van der Waals surface area contributed by atoms with Gasteiger partial charge in [-0.2, -0.15) is 0 Å². The molecule has 0 aliphatic carbocycles. The lowest BCUT2D eigenvalue weighted by atomic mass is 10.2. The summed E-state index contributed by atoms with van der Waals surface area (Å²) in [6, 6.07) is 12.5. The highest BCUT2D eigenvalue weighted by Gasteiger charge is 2.00. The van der Waals surface area contributed by atoms with Crippen molar-refractivity contribution < 1.29 is 0 Å². The molecule has 0 aliphatic rings. The van der Waals surface area contributed by atoms with Crippen LogP contribution in [-0.4, -0.2) is 24.3 Å². The van der Waals surface area contributed by atoms with Crippen LogP contribution in [0, 0.1) is 0 Å². The van der Waals surface area contributed by atoms with Crippen LogP contribution < -0.4 is 4.90 Å². The lowest BCUT2D eigenvalue weighted by Crippen LogP contribution is -2.21. The number of pyridine rings is 1. The smallest absolute Gasteiger partial charge is 0.0654 e. The quantitative estimate of drug-likeness (QED) is 0.749. The van der Waals surface area contributed by atoms with Crippen LogP contribution in [0.2, 0.25) is 0 Å². The van der Waals surface area contributed by atoms with Crippen LogP contribution >= 0.6 is 0 Å². The number of rotatable bonds is 6. The second-order valence-corrected chi connectivity index (χ2v) is 4.59. The van der Waals surface area contributed by atoms with E-state index in [4.69, 9.17) is 0 Å². The van der Waals surface area contributed by atoms with E-state index in [0.717, 1.165) is 24.2 Å². The van der Waals surface area contributed by atoms with Crippen molar-refractivity contribution in [2.75, 3.05) is 18.0 Å². The summed E-state index contributed by atoms with van der Waals surface area (Å²) in [6.07, 6.45) is 5.54. The molecule has 3 nitrogen and oxygen atoms in total. The van der Waals surface area contributed by atoms with Crippen LogP contribution in [0.3, 0.4) is 0 Å². The Hall–Kier alpha value is -2.16. The summed E-state index contributed by atoms with van der Waals surface area (Å²) in [5, 5.41) is 0. The van der Waals surface area contributed by atoms with E-state index in [0.29, 0.717) is 6.54 Å². The molecule has 2 aromatic rings. The molecule has 0 amide bonds. The number of aromatic nitrogens is 1. The Labute approximate surface area is 121 Å². The van der Waals surface area contributed by atoms with Crippen molar-refractivity contribution >= 4 is 11.9 Å². The van der Waals surface area contributed by atoms with Gasteiger partial charge in [0.25, 0.3) is 0 Å². The summed E-state index contributed by atoms with van der Waals surface area (Å²) in [5.41, 5.74) is 3.52. The third-order valence-corrected chi connectivity index (χ3v) is 3.26. The Balaban J connectivity index is 1.97. The summed E-state index contributed by atoms with van der Waals surface area (Å²) in [7, 11) is 0. The molecule has 0 fully saturated rings. The van der Waals surface area contributed by atoms with Gasteiger partial charge >= 0.3 is 0 Å². The van der Waals surface area contributed by atoms with Gasteiger partial charge in [-0.1, -0.05) is 18.2 Å². The standard InChI is InChI=1S/C17H21N3/c1-3-20(4-2)17-9-7-15(8-10-17)12-19-14-16-6-5-11-18-13-16/h5-13H,3-4,14H2,1-2H3/b19-12+. The zero-order valence-electron chi connectivity index (χ0n) is 12.2. The number of anilines is 1. The van der Waals surface area contributed by atoms with Gasteiger partial charge in [0.05, 0.1) is 6.54 Å². The normalized spacial score (nSPS) is 10.9. The minimum Gasteiger partial charge on any atom is -0.372 e. The first kappa shape index (κ1) is 14.3. The third-order valence-electron chi connectivity index (χ3n) is 3.26. The second kappa shape index (κ2) is 7.43. The van der Waals surface area contributed by atoms with Crippen molar-refractivity contribution in [2.24, 2.45) is 4.99 Å². The van der Waals surface area contributed by atoms with Crippen LogP contribution in [0.5, 0.6) is 0 Å². The van der Waals surface area contributed by atoms with Gasteiger partial charge in [-0.05, 0) is 43.2 Å². The fourth-order valence-corrected chi connectivity index (χ4v) is 2.11. The van der Waals surface area contributed by atoms with Gasteiger partial charge in [0.2, 0.25) is 0 Å². The van der Waals surface area contributed by atoms with Crippen LogP contribution in [0.15, 0.2) is 53.8 Å². The molecule has 0 unspecified atom stereocenters. The highest BCUT2D eigenvalue weighted by Crippen LogP contribution is 2.14. The molecule has 1 heterocycles. The van der Waals surface area contributed by atoms with Gasteiger partial charge in [0.15, 0.2) is 0 Å². The fraction of sp³-hybridized carbons (Fsp3) is 0.294. The number of benzene rings is 1. The van der Waals surface area contributed by atoms with E-state index in [-0.39, 0.29) is 0 Å². The summed E-state index contributed by atoms with van der Waals surface area (Å²) in [6.45, 7) is 7.08. The average Bonchev–Trinajstić information content (AvgIpc) is 2.51. The predicted octanol–water partition coefficient (Wildman–Crippen LogP) is 3.55. The average molecular weight is 267 g/mol. The summed E-state index contributed by atoms with van der Waals surface area (Å²) < 4.78 is 0. The molecule has 0 N–H and O–H groups in total.